The van der Waals surface area contributed by atoms with E-state index in [4.69, 9.17) is 10.1 Å². The normalized spacial score (nSPS) is 12.3. The minimum absolute atomic E-state index is 0. The number of hydrogen-bond acceptors (Lipinski definition) is 6. The van der Waals surface area contributed by atoms with Crippen LogP contribution in [0.5, 0.6) is 5.75 Å². The van der Waals surface area contributed by atoms with Crippen LogP contribution in [0.25, 0.3) is 0 Å². The molecule has 11 heteroatoms. The van der Waals surface area contributed by atoms with Crippen molar-refractivity contribution in [2.75, 3.05) is 31.6 Å². The van der Waals surface area contributed by atoms with Crippen LogP contribution in [-0.2, 0) is 21.5 Å². The third-order valence-corrected chi connectivity index (χ3v) is 6.50. The van der Waals surface area contributed by atoms with Gasteiger partial charge in [-0.05, 0) is 53.3 Å². The molecule has 1 aliphatic heterocycles. The molecule has 0 fully saturated rings. The predicted octanol–water partition coefficient (Wildman–Crippen LogP) is 4.17. The van der Waals surface area contributed by atoms with Gasteiger partial charge in [-0.25, -0.2) is 0 Å². The maximum Gasteiger partial charge on any atom is 0.323 e. The molecule has 2 aromatic carbocycles. The highest BCUT2D eigenvalue weighted by atomic mass is 79.9. The zero-order valence-electron chi connectivity index (χ0n) is 23.7. The SMILES string of the molecule is Br.CCCOc1cc2c(cc1C(=O)NC)C(=N)N(CC(=O)c1ccc(N(CC(=O)O)C(C)=O)c(C(C)(C)C)c1)C2. The van der Waals surface area contributed by atoms with Gasteiger partial charge in [-0.15, -0.1) is 17.0 Å². The van der Waals surface area contributed by atoms with E-state index in [2.05, 4.69) is 5.32 Å². The summed E-state index contributed by atoms with van der Waals surface area (Å²) in [4.78, 5) is 52.3. The van der Waals surface area contributed by atoms with E-state index in [-0.39, 0.29) is 41.1 Å². The van der Waals surface area contributed by atoms with Crippen molar-refractivity contribution in [3.8, 4) is 5.75 Å². The number of nitrogens with one attached hydrogen (secondary N) is 2. The van der Waals surface area contributed by atoms with Crippen molar-refractivity contribution in [2.24, 2.45) is 0 Å². The van der Waals surface area contributed by atoms with Gasteiger partial charge in [-0.3, -0.25) is 24.6 Å². The topological polar surface area (TPSA) is 140 Å². The molecule has 10 nitrogen and oxygen atoms in total. The Morgan fingerprint density at radius 3 is 2.38 bits per heavy atom. The van der Waals surface area contributed by atoms with Crippen LogP contribution >= 0.6 is 17.0 Å². The number of Topliss-reactive ketones (excluding diaryl/α,β-unsaturated/α-hetero) is 1. The summed E-state index contributed by atoms with van der Waals surface area (Å²) >= 11 is 0. The first-order chi connectivity index (χ1) is 18.3. The summed E-state index contributed by atoms with van der Waals surface area (Å²) in [5.41, 5.74) is 2.71. The molecule has 2 aromatic rings. The number of amides is 2. The van der Waals surface area contributed by atoms with Crippen molar-refractivity contribution >= 4 is 52.1 Å². The summed E-state index contributed by atoms with van der Waals surface area (Å²) in [6.07, 6.45) is 0.774. The van der Waals surface area contributed by atoms with E-state index < -0.39 is 23.8 Å². The van der Waals surface area contributed by atoms with Crippen LogP contribution in [0.1, 0.15) is 78.4 Å². The molecule has 0 atom stereocenters. The predicted molar refractivity (Wildman–Crippen MR) is 158 cm³/mol. The smallest absolute Gasteiger partial charge is 0.323 e. The number of nitrogens with zero attached hydrogens (tertiary/aromatic N) is 2. The van der Waals surface area contributed by atoms with Crippen LogP contribution in [0.4, 0.5) is 5.69 Å². The molecular weight excluding hydrogens is 580 g/mol. The van der Waals surface area contributed by atoms with Crippen molar-refractivity contribution in [3.63, 3.8) is 0 Å². The second-order valence-electron chi connectivity index (χ2n) is 10.5. The Balaban J connectivity index is 0.00000560. The fourth-order valence-corrected chi connectivity index (χ4v) is 4.52. The number of anilines is 1. The number of amidine groups is 1. The quantitative estimate of drug-likeness (QED) is 0.340. The molecule has 0 radical (unpaired) electrons. The summed E-state index contributed by atoms with van der Waals surface area (Å²) in [6, 6.07) is 8.28. The highest BCUT2D eigenvalue weighted by Gasteiger charge is 2.30. The number of benzene rings is 2. The number of ketones is 1. The summed E-state index contributed by atoms with van der Waals surface area (Å²) in [5, 5.41) is 20.6. The number of carboxylic acids is 1. The highest BCUT2D eigenvalue weighted by Crippen LogP contribution is 2.34. The molecular formula is C29H37BrN4O6. The lowest BCUT2D eigenvalue weighted by Gasteiger charge is -2.29. The Bertz CT molecular complexity index is 1330. The molecule has 0 aromatic heterocycles. The van der Waals surface area contributed by atoms with Gasteiger partial charge in [0.1, 0.15) is 18.1 Å². The third kappa shape index (κ3) is 7.07. The summed E-state index contributed by atoms with van der Waals surface area (Å²) < 4.78 is 5.79. The zero-order chi connectivity index (χ0) is 29.1. The summed E-state index contributed by atoms with van der Waals surface area (Å²) in [6.45, 7) is 9.26. The number of aliphatic carboxylic acids is 1. The Morgan fingerprint density at radius 2 is 1.82 bits per heavy atom. The van der Waals surface area contributed by atoms with Gasteiger partial charge in [0.15, 0.2) is 5.78 Å². The lowest BCUT2D eigenvalue weighted by molar-refractivity contribution is -0.136. The molecule has 3 N–H and O–H groups in total. The molecule has 0 saturated carbocycles. The number of rotatable bonds is 10. The van der Waals surface area contributed by atoms with Gasteiger partial charge < -0.3 is 25.0 Å². The van der Waals surface area contributed by atoms with E-state index in [1.165, 1.54) is 18.9 Å². The first-order valence-corrected chi connectivity index (χ1v) is 12.8. The summed E-state index contributed by atoms with van der Waals surface area (Å²) in [7, 11) is 1.53. The molecule has 0 aliphatic carbocycles. The number of carboxylic acid groups (broad SMARTS) is 1. The minimum atomic E-state index is -1.14. The number of ether oxygens (including phenoxy) is 1. The monoisotopic (exact) mass is 616 g/mol. The molecule has 1 aliphatic rings. The highest BCUT2D eigenvalue weighted by molar-refractivity contribution is 8.93. The molecule has 0 saturated heterocycles. The number of carbonyl (C=O) groups excluding carboxylic acids is 3. The largest absolute Gasteiger partial charge is 0.493 e. The maximum atomic E-state index is 13.4. The van der Waals surface area contributed by atoms with Gasteiger partial charge >= 0.3 is 5.97 Å². The van der Waals surface area contributed by atoms with E-state index in [0.29, 0.717) is 46.8 Å². The first kappa shape index (κ1) is 32.5. The molecule has 3 rings (SSSR count). The average Bonchev–Trinajstić information content (AvgIpc) is 3.17. The van der Waals surface area contributed by atoms with Gasteiger partial charge in [-0.1, -0.05) is 27.7 Å². The van der Waals surface area contributed by atoms with Crippen LogP contribution in [0.2, 0.25) is 0 Å². The second-order valence-corrected chi connectivity index (χ2v) is 10.5. The first-order valence-electron chi connectivity index (χ1n) is 12.8. The second kappa shape index (κ2) is 13.1. The van der Waals surface area contributed by atoms with Crippen molar-refractivity contribution < 1.29 is 29.0 Å². The Morgan fingerprint density at radius 1 is 1.15 bits per heavy atom. The van der Waals surface area contributed by atoms with Crippen molar-refractivity contribution in [1.29, 1.82) is 5.41 Å². The van der Waals surface area contributed by atoms with Crippen LogP contribution in [-0.4, -0.2) is 66.2 Å². The third-order valence-electron chi connectivity index (χ3n) is 6.50. The van der Waals surface area contributed by atoms with Crippen molar-refractivity contribution in [1.82, 2.24) is 10.2 Å². The van der Waals surface area contributed by atoms with E-state index in [1.807, 2.05) is 27.7 Å². The standard InChI is InChI=1S/C29H36N4O6.BrH/c1-7-10-39-25-12-19-14-32(27(30)20(19)13-21(25)28(38)31-6)15-24(35)18-8-9-23(22(11-18)29(3,4)5)33(17(2)34)16-26(36)37;/h8-9,11-13,30H,7,10,14-16H2,1-6H3,(H,31,38)(H,36,37);1H. The number of hydrogen-bond donors (Lipinski definition) is 3. The molecule has 2 amide bonds. The number of halogens is 1. The number of carbonyl (C=O) groups is 4. The van der Waals surface area contributed by atoms with E-state index in [1.54, 1.807) is 35.2 Å². The van der Waals surface area contributed by atoms with Gasteiger partial charge in [0.2, 0.25) is 5.91 Å². The van der Waals surface area contributed by atoms with Crippen LogP contribution in [0.15, 0.2) is 30.3 Å². The summed E-state index contributed by atoms with van der Waals surface area (Å²) in [5.74, 6) is -1.52. The van der Waals surface area contributed by atoms with Gasteiger partial charge in [0, 0.05) is 37.3 Å². The van der Waals surface area contributed by atoms with Gasteiger partial charge in [0.05, 0.1) is 18.7 Å². The van der Waals surface area contributed by atoms with E-state index >= 15 is 0 Å². The Hall–Kier alpha value is -3.73. The van der Waals surface area contributed by atoms with Crippen LogP contribution < -0.4 is 15.0 Å². The molecule has 0 spiro atoms. The lowest BCUT2D eigenvalue weighted by Crippen LogP contribution is -2.36. The molecule has 0 bridgehead atoms. The van der Waals surface area contributed by atoms with Crippen molar-refractivity contribution in [3.05, 3.63) is 58.1 Å². The maximum absolute atomic E-state index is 13.4. The fraction of sp³-hybridized carbons (Fsp3) is 0.414. The van der Waals surface area contributed by atoms with E-state index in [9.17, 15) is 24.3 Å². The van der Waals surface area contributed by atoms with Crippen LogP contribution in [0.3, 0.4) is 0 Å². The fourth-order valence-electron chi connectivity index (χ4n) is 4.52. The van der Waals surface area contributed by atoms with E-state index in [0.717, 1.165) is 12.0 Å². The molecule has 216 valence electrons. The number of fused-ring (bicyclic) bond motifs is 1. The van der Waals surface area contributed by atoms with Crippen molar-refractivity contribution in [2.45, 2.75) is 53.0 Å². The molecule has 0 unspecified atom stereocenters. The van der Waals surface area contributed by atoms with Gasteiger partial charge in [-0.2, -0.15) is 0 Å². The Labute approximate surface area is 245 Å². The zero-order valence-corrected chi connectivity index (χ0v) is 25.4. The molecule has 40 heavy (non-hydrogen) atoms. The Kier molecular flexibility index (Phi) is 10.6. The lowest BCUT2D eigenvalue weighted by atomic mass is 9.84. The van der Waals surface area contributed by atoms with Crippen LogP contribution in [0, 0.1) is 5.41 Å². The minimum Gasteiger partial charge on any atom is -0.493 e. The van der Waals surface area contributed by atoms with Gasteiger partial charge in [0.25, 0.3) is 5.91 Å². The average molecular weight is 618 g/mol. The molecule has 1 heterocycles.